The van der Waals surface area contributed by atoms with E-state index in [1.165, 1.54) is 24.8 Å². The van der Waals surface area contributed by atoms with E-state index in [4.69, 9.17) is 95.4 Å². The molecule has 8 aromatic heterocycles. The van der Waals surface area contributed by atoms with E-state index in [2.05, 4.69) is 96.5 Å². The Balaban J connectivity index is 0.000000159. The molecule has 10 fully saturated rings. The van der Waals surface area contributed by atoms with Crippen LogP contribution in [0.2, 0.25) is 0 Å². The van der Waals surface area contributed by atoms with E-state index in [9.17, 15) is 4.79 Å². The molecule has 50 heteroatoms. The third-order valence-corrected chi connectivity index (χ3v) is 29.0. The van der Waals surface area contributed by atoms with Crippen LogP contribution in [0.15, 0.2) is 105 Å². The van der Waals surface area contributed by atoms with Crippen molar-refractivity contribution in [3.8, 4) is 11.9 Å². The molecule has 18 heterocycles. The normalized spacial score (nSPS) is 21.3. The molecule has 0 unspecified atom stereocenters. The van der Waals surface area contributed by atoms with Crippen molar-refractivity contribution in [2.45, 2.75) is 279 Å². The summed E-state index contributed by atoms with van der Waals surface area (Å²) >= 11 is 0. The van der Waals surface area contributed by atoms with Crippen LogP contribution in [0.3, 0.4) is 0 Å². The van der Waals surface area contributed by atoms with E-state index in [0.717, 1.165) is 152 Å². The zero-order valence-electron chi connectivity index (χ0n) is 90.9. The molecule has 10 aliphatic rings. The summed E-state index contributed by atoms with van der Waals surface area (Å²) in [6.07, 6.45) is 27.9. The number of likely N-dealkylation sites (N-methyl/N-ethyl adjacent to an activating group) is 1. The average molecular weight is 2020 g/mol. The van der Waals surface area contributed by atoms with Gasteiger partial charge in [-0.15, -0.1) is 0 Å². The number of carbonyl (C=O) groups is 1. The van der Waals surface area contributed by atoms with Crippen LogP contribution in [-0.4, -0.2) is 366 Å². The fourth-order valence-corrected chi connectivity index (χ4v) is 15.1. The number of hydrogen-bond donors (Lipinski definition) is 4. The van der Waals surface area contributed by atoms with E-state index in [1.807, 2.05) is 217 Å². The number of ether oxygens (including phenoxy) is 3. The summed E-state index contributed by atoms with van der Waals surface area (Å²) in [4.78, 5) is 80.2. The highest BCUT2D eigenvalue weighted by molar-refractivity contribution is 6.63. The lowest BCUT2D eigenvalue weighted by molar-refractivity contribution is -0.117. The minimum absolute atomic E-state index is 0.104. The van der Waals surface area contributed by atoms with Crippen LogP contribution in [0.1, 0.15) is 209 Å². The number of aryl methyl sites for hydroxylation is 2. The molecule has 0 saturated carbocycles. The number of nitrogens with zero attached hydrogens (tertiary/aromatic N) is 22. The largest absolute Gasteiger partial charge is 0.516 e. The van der Waals surface area contributed by atoms with Crippen molar-refractivity contribution >= 4 is 125 Å². The van der Waals surface area contributed by atoms with Crippen LogP contribution in [0.5, 0.6) is 5.88 Å². The first-order valence-corrected chi connectivity index (χ1v) is 50.1. The zero-order valence-corrected chi connectivity index (χ0v) is 90.9. The number of rotatable bonds is 20. The number of piperazine rings is 1. The first-order chi connectivity index (χ1) is 68.3. The lowest BCUT2D eigenvalue weighted by atomic mass is 9.81. The monoisotopic (exact) mass is 2020 g/mol. The van der Waals surface area contributed by atoms with E-state index in [1.54, 1.807) is 77.6 Å². The highest BCUT2D eigenvalue weighted by Crippen LogP contribution is 2.42. The van der Waals surface area contributed by atoms with Gasteiger partial charge in [0.2, 0.25) is 11.8 Å². The van der Waals surface area contributed by atoms with Gasteiger partial charge in [0.1, 0.15) is 17.7 Å². The summed E-state index contributed by atoms with van der Waals surface area (Å²) in [6.45, 7) is 67.4. The lowest BCUT2D eigenvalue weighted by Gasteiger charge is -2.32. The van der Waals surface area contributed by atoms with E-state index in [-0.39, 0.29) is 56.4 Å². The number of aromatic nitrogens is 15. The van der Waals surface area contributed by atoms with E-state index >= 15 is 0 Å². The Kier molecular flexibility index (Phi) is 39.6. The van der Waals surface area contributed by atoms with Gasteiger partial charge in [0.15, 0.2) is 11.5 Å². The number of hydrogen-bond acceptors (Lipinski definition) is 40. The number of amides is 1. The van der Waals surface area contributed by atoms with Gasteiger partial charge in [0.05, 0.1) is 177 Å². The molecule has 0 aliphatic carbocycles. The van der Waals surface area contributed by atoms with Crippen molar-refractivity contribution in [1.29, 1.82) is 5.26 Å². The highest BCUT2D eigenvalue weighted by atomic mass is 16.7. The van der Waals surface area contributed by atoms with Gasteiger partial charge < -0.3 is 105 Å². The number of pyridine rings is 1. The van der Waals surface area contributed by atoms with Crippen LogP contribution >= 0.6 is 0 Å². The van der Waals surface area contributed by atoms with Crippen LogP contribution < -0.4 is 63.9 Å². The molecule has 8 aromatic rings. The Morgan fingerprint density at radius 2 is 0.795 bits per heavy atom. The summed E-state index contributed by atoms with van der Waals surface area (Å²) < 4.78 is 88.4. The van der Waals surface area contributed by atoms with Gasteiger partial charge >= 0.3 is 56.9 Å². The van der Waals surface area contributed by atoms with Crippen molar-refractivity contribution in [1.82, 2.24) is 89.3 Å². The summed E-state index contributed by atoms with van der Waals surface area (Å²) in [6, 6.07) is 5.49. The average Bonchev–Trinajstić information content (AvgIpc) is 1.64. The molecule has 0 aromatic carbocycles. The Morgan fingerprint density at radius 1 is 0.411 bits per heavy atom. The second-order valence-corrected chi connectivity index (χ2v) is 43.4. The highest BCUT2D eigenvalue weighted by Gasteiger charge is 2.58. The van der Waals surface area contributed by atoms with Gasteiger partial charge in [-0.2, -0.15) is 10.4 Å². The van der Waals surface area contributed by atoms with Gasteiger partial charge in [-0.1, -0.05) is 6.07 Å². The number of nitriles is 1. The predicted octanol–water partition coefficient (Wildman–Crippen LogP) is 2.10. The molecule has 0 radical (unpaired) electrons. The molecule has 42 nitrogen and oxygen atoms in total. The van der Waals surface area contributed by atoms with Gasteiger partial charge in [-0.3, -0.25) is 64.0 Å². The number of morpholine rings is 2. The summed E-state index contributed by atoms with van der Waals surface area (Å²) in [5.41, 5.74) is 2.71. The molecular weight excluding hydrogens is 1870 g/mol. The molecule has 10 aliphatic heterocycles. The quantitative estimate of drug-likeness (QED) is 0.0794. The first kappa shape index (κ1) is 117. The fraction of sp³-hybridized carbons (Fsp3) is 0.646. The molecule has 146 heavy (non-hydrogen) atoms. The molecule has 788 valence electrons. The third-order valence-electron chi connectivity index (χ3n) is 29.0. The van der Waals surface area contributed by atoms with Crippen LogP contribution in [0.4, 0.5) is 17.5 Å². The second-order valence-electron chi connectivity index (χ2n) is 43.4. The second kappa shape index (κ2) is 49.3. The molecule has 4 N–H and O–H groups in total. The van der Waals surface area contributed by atoms with Crippen molar-refractivity contribution in [2.24, 2.45) is 0 Å². The van der Waals surface area contributed by atoms with Gasteiger partial charge in [0, 0.05) is 165 Å². The molecule has 1 amide bonds. The fourth-order valence-electron chi connectivity index (χ4n) is 15.1. The summed E-state index contributed by atoms with van der Waals surface area (Å²) in [7, 11) is 0.304. The lowest BCUT2D eigenvalue weighted by Crippen LogP contribution is -2.45. The maximum absolute atomic E-state index is 11.7. The predicted molar refractivity (Wildman–Crippen MR) is 562 cm³/mol. The molecule has 0 spiro atoms. The minimum Gasteiger partial charge on any atom is -0.477 e. The maximum atomic E-state index is 11.7. The molecular formula is C96H150B8N22O20. The molecule has 18 rings (SSSR count). The topological polar surface area (TPSA) is 465 Å². The van der Waals surface area contributed by atoms with Crippen LogP contribution in [-0.2, 0) is 83.1 Å². The standard InChI is InChI=1S/C15H25BN4O2.C14H20BN3O3.C12H20BN3O2.2C12H19BN2O3.C11H14BN3O2.C11H17BN2O2.C9H16BN3O3/c1-14(2)15(3,4)22-16(21-14)12-10-18-13(11-17-12)20-8-6-19(5)7-9-20;1-13(2)14(3,4)21-15(20-13)10-8-17-11(9-16-10)18-7-5-6-12(18)19;1-11(2)12(3,4)18-13(17-11)9-7-15-10(8-14-9)16(5)6;1-6-16-10-8-14-9(7-15-10)13-17-11(2,3)12(4,5)18-13;16-13(17)11-3-4-12(14-10-11)2-1-5-15-6-8-18-9-7-15;1-10(2)11(3,4)17-12(16-10)9-7-14-8(5-13)6-15-9;1-8-6-14-9(7-13-8)12-15-10(2,3)11(4,5)16-12;14-10(15)9-7-11-13(8-9)2-1-12-3-5-16-6-4-12/h10-11H,6-9H2,1-5H3;8-9H,5-7H2,1-4H3;7-8H,1-6H3;7-8H,6H2,1-5H3;3-4,10,16-17H,1-2,5-9H2;6-7H,1-4H3;6-7H,1-5H3;7-8,14-15H,1-6H2. The molecule has 0 bridgehead atoms. The minimum atomic E-state index is -1.43. The number of carbonyl (C=O) groups excluding carboxylic acids is 1. The van der Waals surface area contributed by atoms with E-state index < -0.39 is 79.4 Å². The smallest absolute Gasteiger partial charge is 0.477 e. The Bertz CT molecular complexity index is 5370. The van der Waals surface area contributed by atoms with Crippen LogP contribution in [0, 0.1) is 18.3 Å². The van der Waals surface area contributed by atoms with Crippen molar-refractivity contribution in [2.75, 3.05) is 141 Å². The summed E-state index contributed by atoms with van der Waals surface area (Å²) in [5.74, 6) is 2.95. The Hall–Kier alpha value is -9.12. The van der Waals surface area contributed by atoms with Gasteiger partial charge in [-0.25, -0.2) is 24.9 Å². The third kappa shape index (κ3) is 30.9. The van der Waals surface area contributed by atoms with Gasteiger partial charge in [0.25, 0.3) is 0 Å². The van der Waals surface area contributed by atoms with Gasteiger partial charge in [-0.05, 0) is 219 Å². The molecule has 0 atom stereocenters. The Labute approximate surface area is 864 Å². The van der Waals surface area contributed by atoms with E-state index in [0.29, 0.717) is 64.6 Å². The Morgan fingerprint density at radius 3 is 1.12 bits per heavy atom. The summed E-state index contributed by atoms with van der Waals surface area (Å²) in [5, 5.41) is 48.5. The zero-order chi connectivity index (χ0) is 107. The van der Waals surface area contributed by atoms with Crippen LogP contribution in [0.25, 0.3) is 0 Å². The van der Waals surface area contributed by atoms with Crippen molar-refractivity contribution in [3.05, 3.63) is 122 Å². The molecule has 10 saturated heterocycles. The van der Waals surface area contributed by atoms with Crippen molar-refractivity contribution in [3.63, 3.8) is 0 Å². The number of anilines is 3. The SMILES string of the molecule is CC1(C)OB(c2cnc(C#N)cn2)OC1(C)C.CC1(C)OB(c2cnc(N3CCCC3=O)cn2)OC1(C)C.CCOc1cnc(B2OC(C)(C)C(C)(C)O2)cn1.CN(C)c1cnc(B2OC(C)(C)C(C)(C)O2)cn1.CN1CCN(c2cnc(B3OC(C)(C)C(C)(C)O3)cn2)CC1.Cc1cnc(B2OC(C)(C)C(C)(C)O2)cn1.OB(O)c1ccc(CCCN2CCOCC2)nc1.OB(O)c1cnn(CCN2CCOCC2)c1. The maximum Gasteiger partial charge on any atom is 0.516 e. The first-order valence-electron chi connectivity index (χ1n) is 50.1. The van der Waals surface area contributed by atoms with Crippen molar-refractivity contribution < 1.29 is 95.0 Å².